The zero-order valence-corrected chi connectivity index (χ0v) is 10.1. The highest BCUT2D eigenvalue weighted by molar-refractivity contribution is 9.10. The summed E-state index contributed by atoms with van der Waals surface area (Å²) in [5.41, 5.74) is 0.720. The zero-order chi connectivity index (χ0) is 11.5. The van der Waals surface area contributed by atoms with Crippen LogP contribution in [-0.4, -0.2) is 24.7 Å². The van der Waals surface area contributed by atoms with Gasteiger partial charge in [-0.3, -0.25) is 4.79 Å². The highest BCUT2D eigenvalue weighted by Crippen LogP contribution is 2.16. The lowest BCUT2D eigenvalue weighted by molar-refractivity contribution is -0.117. The summed E-state index contributed by atoms with van der Waals surface area (Å²) in [6.45, 7) is 0.262. The van der Waals surface area contributed by atoms with Crippen LogP contribution in [0, 0.1) is 0 Å². The number of anilines is 1. The molecular formula is C11H12BrFN2O. The molecular weight excluding hydrogens is 275 g/mol. The Balaban J connectivity index is 1.94. The predicted molar refractivity (Wildman–Crippen MR) is 64.1 cm³/mol. The van der Waals surface area contributed by atoms with Gasteiger partial charge in [0.05, 0.1) is 6.04 Å². The average molecular weight is 287 g/mol. The molecule has 2 N–H and O–H groups in total. The second-order valence-corrected chi connectivity index (χ2v) is 4.71. The van der Waals surface area contributed by atoms with E-state index >= 15 is 0 Å². The molecule has 2 atom stereocenters. The summed E-state index contributed by atoms with van der Waals surface area (Å²) in [5, 5.41) is 5.58. The van der Waals surface area contributed by atoms with Gasteiger partial charge < -0.3 is 10.6 Å². The van der Waals surface area contributed by atoms with Crippen LogP contribution in [0.25, 0.3) is 0 Å². The molecule has 1 saturated heterocycles. The van der Waals surface area contributed by atoms with E-state index in [0.29, 0.717) is 0 Å². The summed E-state index contributed by atoms with van der Waals surface area (Å²) in [6, 6.07) is 6.86. The molecule has 0 unspecified atom stereocenters. The third kappa shape index (κ3) is 2.80. The van der Waals surface area contributed by atoms with Crippen molar-refractivity contribution in [3.8, 4) is 0 Å². The van der Waals surface area contributed by atoms with Crippen molar-refractivity contribution >= 4 is 27.5 Å². The summed E-state index contributed by atoms with van der Waals surface area (Å²) in [4.78, 5) is 11.7. The van der Waals surface area contributed by atoms with E-state index in [4.69, 9.17) is 0 Å². The second kappa shape index (κ2) is 4.93. The van der Waals surface area contributed by atoms with Crippen LogP contribution in [-0.2, 0) is 4.79 Å². The van der Waals surface area contributed by atoms with Crippen LogP contribution in [0.15, 0.2) is 28.7 Å². The molecule has 86 valence electrons. The maximum absolute atomic E-state index is 12.9. The van der Waals surface area contributed by atoms with Crippen LogP contribution in [0.2, 0.25) is 0 Å². The first-order valence-corrected chi connectivity index (χ1v) is 5.88. The van der Waals surface area contributed by atoms with Gasteiger partial charge in [-0.25, -0.2) is 4.39 Å². The second-order valence-electron chi connectivity index (χ2n) is 3.79. The van der Waals surface area contributed by atoms with Gasteiger partial charge in [0.25, 0.3) is 0 Å². The van der Waals surface area contributed by atoms with Crippen molar-refractivity contribution < 1.29 is 9.18 Å². The van der Waals surface area contributed by atoms with Gasteiger partial charge in [0.2, 0.25) is 5.91 Å². The molecule has 1 amide bonds. The minimum Gasteiger partial charge on any atom is -0.325 e. The lowest BCUT2D eigenvalue weighted by Gasteiger charge is -2.10. The van der Waals surface area contributed by atoms with Crippen LogP contribution in [0.5, 0.6) is 0 Å². The van der Waals surface area contributed by atoms with Gasteiger partial charge in [-0.05, 0) is 24.3 Å². The fourth-order valence-electron chi connectivity index (χ4n) is 1.65. The third-order valence-corrected chi connectivity index (χ3v) is 3.03. The Morgan fingerprint density at radius 1 is 1.44 bits per heavy atom. The molecule has 16 heavy (non-hydrogen) atoms. The maximum atomic E-state index is 12.9. The Hall–Kier alpha value is -0.940. The standard InChI is InChI=1S/C11H12BrFN2O/c12-7-1-3-9(4-2-7)15-11(16)10-5-8(13)6-14-10/h1-4,8,10,14H,5-6H2,(H,15,16)/t8-,10+/m0/s1. The topological polar surface area (TPSA) is 41.1 Å². The van der Waals surface area contributed by atoms with E-state index in [9.17, 15) is 9.18 Å². The van der Waals surface area contributed by atoms with E-state index in [-0.39, 0.29) is 18.9 Å². The van der Waals surface area contributed by atoms with Crippen LogP contribution in [0.4, 0.5) is 10.1 Å². The minimum atomic E-state index is -0.916. The van der Waals surface area contributed by atoms with E-state index in [2.05, 4.69) is 26.6 Å². The van der Waals surface area contributed by atoms with Gasteiger partial charge in [0, 0.05) is 23.1 Å². The number of benzene rings is 1. The van der Waals surface area contributed by atoms with Crippen LogP contribution < -0.4 is 10.6 Å². The number of carbonyl (C=O) groups excluding carboxylic acids is 1. The molecule has 1 aromatic rings. The van der Waals surface area contributed by atoms with E-state index < -0.39 is 12.2 Å². The molecule has 5 heteroatoms. The predicted octanol–water partition coefficient (Wildman–Crippen LogP) is 2.09. The van der Waals surface area contributed by atoms with Gasteiger partial charge in [0.15, 0.2) is 0 Å². The molecule has 0 aromatic heterocycles. The number of nitrogens with one attached hydrogen (secondary N) is 2. The normalized spacial score (nSPS) is 24.4. The van der Waals surface area contributed by atoms with E-state index in [0.717, 1.165) is 10.2 Å². The number of hydrogen-bond donors (Lipinski definition) is 2. The lowest BCUT2D eigenvalue weighted by Crippen LogP contribution is -2.35. The smallest absolute Gasteiger partial charge is 0.241 e. The van der Waals surface area contributed by atoms with Crippen molar-refractivity contribution in [2.24, 2.45) is 0 Å². The van der Waals surface area contributed by atoms with E-state index in [1.807, 2.05) is 12.1 Å². The summed E-state index contributed by atoms with van der Waals surface area (Å²) in [7, 11) is 0. The van der Waals surface area contributed by atoms with Gasteiger partial charge >= 0.3 is 0 Å². The highest BCUT2D eigenvalue weighted by atomic mass is 79.9. The van der Waals surface area contributed by atoms with E-state index in [1.165, 1.54) is 0 Å². The van der Waals surface area contributed by atoms with Gasteiger partial charge in [-0.2, -0.15) is 0 Å². The average Bonchev–Trinajstić information content (AvgIpc) is 2.68. The number of hydrogen-bond acceptors (Lipinski definition) is 2. The molecule has 2 rings (SSSR count). The monoisotopic (exact) mass is 286 g/mol. The van der Waals surface area contributed by atoms with Gasteiger partial charge in [0.1, 0.15) is 6.17 Å². The Morgan fingerprint density at radius 2 is 2.12 bits per heavy atom. The molecule has 0 bridgehead atoms. The van der Waals surface area contributed by atoms with Crippen molar-refractivity contribution in [1.82, 2.24) is 5.32 Å². The number of alkyl halides is 1. The van der Waals surface area contributed by atoms with Crippen molar-refractivity contribution in [3.05, 3.63) is 28.7 Å². The molecule has 0 radical (unpaired) electrons. The fourth-order valence-corrected chi connectivity index (χ4v) is 1.92. The Bertz CT molecular complexity index is 382. The Morgan fingerprint density at radius 3 is 2.69 bits per heavy atom. The molecule has 1 heterocycles. The number of carbonyl (C=O) groups is 1. The number of halogens is 2. The van der Waals surface area contributed by atoms with Crippen molar-refractivity contribution in [2.45, 2.75) is 18.6 Å². The fraction of sp³-hybridized carbons (Fsp3) is 0.364. The summed E-state index contributed by atoms with van der Waals surface area (Å²) in [6.07, 6.45) is -0.664. The highest BCUT2D eigenvalue weighted by Gasteiger charge is 2.29. The molecule has 1 aromatic carbocycles. The van der Waals surface area contributed by atoms with Gasteiger partial charge in [-0.15, -0.1) is 0 Å². The molecule has 1 aliphatic heterocycles. The summed E-state index contributed by atoms with van der Waals surface area (Å²) < 4.78 is 13.8. The van der Waals surface area contributed by atoms with Crippen molar-refractivity contribution in [2.75, 3.05) is 11.9 Å². The van der Waals surface area contributed by atoms with Gasteiger partial charge in [-0.1, -0.05) is 15.9 Å². The summed E-state index contributed by atoms with van der Waals surface area (Å²) >= 11 is 3.31. The molecule has 1 fully saturated rings. The molecule has 0 saturated carbocycles. The van der Waals surface area contributed by atoms with E-state index in [1.54, 1.807) is 12.1 Å². The SMILES string of the molecule is O=C(Nc1ccc(Br)cc1)[C@H]1C[C@H](F)CN1. The first-order chi connectivity index (χ1) is 7.65. The van der Waals surface area contributed by atoms with Crippen LogP contribution >= 0.6 is 15.9 Å². The molecule has 0 spiro atoms. The Labute approximate surface area is 102 Å². The minimum absolute atomic E-state index is 0.178. The maximum Gasteiger partial charge on any atom is 0.241 e. The molecule has 0 aliphatic carbocycles. The van der Waals surface area contributed by atoms with Crippen molar-refractivity contribution in [3.63, 3.8) is 0 Å². The number of rotatable bonds is 2. The third-order valence-electron chi connectivity index (χ3n) is 2.51. The number of amides is 1. The largest absolute Gasteiger partial charge is 0.325 e. The first-order valence-electron chi connectivity index (χ1n) is 5.09. The zero-order valence-electron chi connectivity index (χ0n) is 8.54. The first kappa shape index (κ1) is 11.5. The lowest BCUT2D eigenvalue weighted by atomic mass is 10.2. The van der Waals surface area contributed by atoms with Crippen LogP contribution in [0.1, 0.15) is 6.42 Å². The molecule has 1 aliphatic rings. The summed E-state index contributed by atoms with van der Waals surface area (Å²) in [5.74, 6) is -0.178. The van der Waals surface area contributed by atoms with Crippen molar-refractivity contribution in [1.29, 1.82) is 0 Å². The Kier molecular flexibility index (Phi) is 3.56. The van der Waals surface area contributed by atoms with Crippen LogP contribution in [0.3, 0.4) is 0 Å². The molecule has 3 nitrogen and oxygen atoms in total. The quantitative estimate of drug-likeness (QED) is 0.874.